The molecule has 4 rings (SSSR count). The normalized spacial score (nSPS) is 18.1. The summed E-state index contributed by atoms with van der Waals surface area (Å²) in [4.78, 5) is 32.0. The predicted octanol–water partition coefficient (Wildman–Crippen LogP) is 5.45. The summed E-state index contributed by atoms with van der Waals surface area (Å²) >= 11 is 1.77. The molecule has 2 amide bonds. The molecule has 0 N–H and O–H groups in total. The van der Waals surface area contributed by atoms with Crippen LogP contribution in [0, 0.1) is 5.92 Å². The van der Waals surface area contributed by atoms with Gasteiger partial charge < -0.3 is 14.5 Å². The molecule has 2 heterocycles. The number of rotatable bonds is 11. The Morgan fingerprint density at radius 2 is 1.94 bits per heavy atom. The number of hydrogen-bond acceptors (Lipinski definition) is 4. The molecule has 0 bridgehead atoms. The summed E-state index contributed by atoms with van der Waals surface area (Å²) < 4.78 is 5.50. The van der Waals surface area contributed by atoms with E-state index in [-0.39, 0.29) is 24.4 Å². The second kappa shape index (κ2) is 12.5. The monoisotopic (exact) mass is 482 g/mol. The van der Waals surface area contributed by atoms with Crippen molar-refractivity contribution in [1.29, 1.82) is 0 Å². The molecule has 34 heavy (non-hydrogen) atoms. The second-order valence-electron chi connectivity index (χ2n) is 9.50. The summed E-state index contributed by atoms with van der Waals surface area (Å²) in [5.41, 5.74) is 2.36. The van der Waals surface area contributed by atoms with Crippen LogP contribution in [-0.4, -0.2) is 54.5 Å². The maximum Gasteiger partial charge on any atom is 0.242 e. The summed E-state index contributed by atoms with van der Waals surface area (Å²) in [5, 5.41) is 2.13. The zero-order chi connectivity index (χ0) is 23.8. The van der Waals surface area contributed by atoms with E-state index in [9.17, 15) is 9.59 Å². The lowest BCUT2D eigenvalue weighted by molar-refractivity contribution is -0.142. The van der Waals surface area contributed by atoms with E-state index in [1.165, 1.54) is 36.1 Å². The number of carbonyl (C=O) groups excluding carboxylic acids is 2. The number of thiophene rings is 1. The highest BCUT2D eigenvalue weighted by Gasteiger charge is 2.34. The largest absolute Gasteiger partial charge is 0.382 e. The third-order valence-electron chi connectivity index (χ3n) is 7.24. The van der Waals surface area contributed by atoms with Crippen LogP contribution in [0.3, 0.4) is 0 Å². The second-order valence-corrected chi connectivity index (χ2v) is 10.5. The van der Waals surface area contributed by atoms with Crippen molar-refractivity contribution in [2.24, 2.45) is 5.92 Å². The van der Waals surface area contributed by atoms with E-state index in [2.05, 4.69) is 23.6 Å². The molecule has 1 fully saturated rings. The molecule has 0 radical (unpaired) electrons. The third-order valence-corrected chi connectivity index (χ3v) is 8.24. The van der Waals surface area contributed by atoms with Gasteiger partial charge in [-0.15, -0.1) is 11.3 Å². The highest BCUT2D eigenvalue weighted by atomic mass is 32.1. The molecule has 5 nitrogen and oxygen atoms in total. The molecule has 2 aliphatic rings. The lowest BCUT2D eigenvalue weighted by atomic mass is 9.93. The quantitative estimate of drug-likeness (QED) is 0.400. The number of carbonyl (C=O) groups is 2. The van der Waals surface area contributed by atoms with Crippen LogP contribution in [0.4, 0.5) is 0 Å². The smallest absolute Gasteiger partial charge is 0.242 e. The van der Waals surface area contributed by atoms with Gasteiger partial charge in [-0.05, 0) is 54.7 Å². The van der Waals surface area contributed by atoms with Gasteiger partial charge in [0.05, 0.1) is 12.6 Å². The lowest BCUT2D eigenvalue weighted by Gasteiger charge is -2.37. The van der Waals surface area contributed by atoms with Crippen molar-refractivity contribution < 1.29 is 14.3 Å². The van der Waals surface area contributed by atoms with Gasteiger partial charge >= 0.3 is 0 Å². The van der Waals surface area contributed by atoms with Crippen LogP contribution in [0.5, 0.6) is 0 Å². The van der Waals surface area contributed by atoms with E-state index in [0.29, 0.717) is 38.6 Å². The van der Waals surface area contributed by atoms with Gasteiger partial charge in [0.15, 0.2) is 0 Å². The van der Waals surface area contributed by atoms with Crippen molar-refractivity contribution in [3.63, 3.8) is 0 Å². The summed E-state index contributed by atoms with van der Waals surface area (Å²) in [6.07, 6.45) is 8.19. The van der Waals surface area contributed by atoms with E-state index >= 15 is 0 Å². The van der Waals surface area contributed by atoms with Crippen LogP contribution in [0.1, 0.15) is 73.9 Å². The molecule has 1 aliphatic carbocycles. The predicted molar refractivity (Wildman–Crippen MR) is 137 cm³/mol. The fourth-order valence-electron chi connectivity index (χ4n) is 5.41. The molecule has 2 aromatic rings. The third kappa shape index (κ3) is 6.28. The van der Waals surface area contributed by atoms with Gasteiger partial charge in [0.1, 0.15) is 0 Å². The molecule has 1 aromatic heterocycles. The van der Waals surface area contributed by atoms with Crippen LogP contribution in [-0.2, 0) is 20.7 Å². The van der Waals surface area contributed by atoms with Crippen LogP contribution in [0.2, 0.25) is 0 Å². The summed E-state index contributed by atoms with van der Waals surface area (Å²) in [7, 11) is 0. The molecule has 1 atom stereocenters. The highest BCUT2D eigenvalue weighted by Crippen LogP contribution is 2.37. The first kappa shape index (κ1) is 24.9. The first-order chi connectivity index (χ1) is 16.7. The molecule has 184 valence electrons. The standard InChI is InChI=1S/C28H38N2O3S/c1-2-33-19-8-17-29(26(31)14-13-22-9-6-7-10-22)21-27(32)30-18-15-25-24(16-20-34-25)28(30)23-11-4-3-5-12-23/h3-5,11-12,16,20,22,28H,2,6-10,13-15,17-19,21H2,1H3. The number of nitrogens with zero attached hydrogens (tertiary/aromatic N) is 2. The average molecular weight is 483 g/mol. The number of hydrogen-bond donors (Lipinski definition) is 0. The first-order valence-electron chi connectivity index (χ1n) is 12.9. The summed E-state index contributed by atoms with van der Waals surface area (Å²) in [6.45, 7) is 4.68. The fraction of sp³-hybridized carbons (Fsp3) is 0.571. The van der Waals surface area contributed by atoms with E-state index in [1.807, 2.05) is 30.0 Å². The Balaban J connectivity index is 1.46. The van der Waals surface area contributed by atoms with Crippen molar-refractivity contribution in [1.82, 2.24) is 9.80 Å². The van der Waals surface area contributed by atoms with Crippen molar-refractivity contribution >= 4 is 23.2 Å². The Hall–Kier alpha value is -2.18. The fourth-order valence-corrected chi connectivity index (χ4v) is 6.32. The van der Waals surface area contributed by atoms with Gasteiger partial charge in [0, 0.05) is 37.6 Å². The number of ether oxygens (including phenoxy) is 1. The Morgan fingerprint density at radius 3 is 2.71 bits per heavy atom. The number of amides is 2. The van der Waals surface area contributed by atoms with Crippen LogP contribution < -0.4 is 0 Å². The molecular weight excluding hydrogens is 444 g/mol. The van der Waals surface area contributed by atoms with Crippen molar-refractivity contribution in [2.75, 3.05) is 32.8 Å². The Morgan fingerprint density at radius 1 is 1.15 bits per heavy atom. The minimum absolute atomic E-state index is 0.0383. The zero-order valence-electron chi connectivity index (χ0n) is 20.4. The van der Waals surface area contributed by atoms with Crippen LogP contribution in [0.25, 0.3) is 0 Å². The molecule has 1 aliphatic heterocycles. The van der Waals surface area contributed by atoms with Gasteiger partial charge in [-0.1, -0.05) is 56.0 Å². The van der Waals surface area contributed by atoms with E-state index in [0.717, 1.165) is 24.8 Å². The van der Waals surface area contributed by atoms with E-state index < -0.39 is 0 Å². The SMILES string of the molecule is CCOCCCN(CC(=O)N1CCc2sccc2C1c1ccccc1)C(=O)CCC1CCCC1. The first-order valence-corrected chi connectivity index (χ1v) is 13.8. The molecule has 1 aromatic carbocycles. The minimum Gasteiger partial charge on any atom is -0.382 e. The minimum atomic E-state index is -0.0810. The Kier molecular flexibility index (Phi) is 9.17. The highest BCUT2D eigenvalue weighted by molar-refractivity contribution is 7.10. The molecule has 6 heteroatoms. The number of fused-ring (bicyclic) bond motifs is 1. The molecule has 0 spiro atoms. The summed E-state index contributed by atoms with van der Waals surface area (Å²) in [5.74, 6) is 0.823. The van der Waals surface area contributed by atoms with Gasteiger partial charge in [-0.25, -0.2) is 0 Å². The lowest BCUT2D eigenvalue weighted by Crippen LogP contribution is -2.47. The molecular formula is C28H38N2O3S. The van der Waals surface area contributed by atoms with Gasteiger partial charge in [-0.2, -0.15) is 0 Å². The zero-order valence-corrected chi connectivity index (χ0v) is 21.2. The maximum absolute atomic E-state index is 13.7. The van der Waals surface area contributed by atoms with Gasteiger partial charge in [0.2, 0.25) is 11.8 Å². The van der Waals surface area contributed by atoms with Gasteiger partial charge in [-0.3, -0.25) is 9.59 Å². The maximum atomic E-state index is 13.7. The van der Waals surface area contributed by atoms with Crippen molar-refractivity contribution in [3.8, 4) is 0 Å². The van der Waals surface area contributed by atoms with Gasteiger partial charge in [0.25, 0.3) is 0 Å². The van der Waals surface area contributed by atoms with E-state index in [1.54, 1.807) is 16.2 Å². The van der Waals surface area contributed by atoms with E-state index in [4.69, 9.17) is 4.74 Å². The molecule has 0 saturated heterocycles. The van der Waals surface area contributed by atoms with Crippen LogP contribution in [0.15, 0.2) is 41.8 Å². The number of benzene rings is 1. The average Bonchev–Trinajstić information content (AvgIpc) is 3.56. The molecule has 1 saturated carbocycles. The molecule has 1 unspecified atom stereocenters. The Bertz CT molecular complexity index is 923. The topological polar surface area (TPSA) is 49.9 Å². The summed E-state index contributed by atoms with van der Waals surface area (Å²) in [6, 6.07) is 12.4. The van der Waals surface area contributed by atoms with Crippen LogP contribution >= 0.6 is 11.3 Å². The van der Waals surface area contributed by atoms with Crippen molar-refractivity contribution in [2.45, 2.75) is 64.3 Å². The Labute approximate surface area is 208 Å². The van der Waals surface area contributed by atoms with Crippen molar-refractivity contribution in [3.05, 3.63) is 57.8 Å².